The van der Waals surface area contributed by atoms with Crippen LogP contribution in [0.15, 0.2) is 36.7 Å². The van der Waals surface area contributed by atoms with Gasteiger partial charge in [0.2, 0.25) is 0 Å². The van der Waals surface area contributed by atoms with Crippen molar-refractivity contribution >= 4 is 5.69 Å². The molecule has 0 aliphatic heterocycles. The van der Waals surface area contributed by atoms with Crippen molar-refractivity contribution < 1.29 is 9.13 Å². The number of benzene rings is 1. The Balaban J connectivity index is 1.90. The van der Waals surface area contributed by atoms with E-state index in [1.165, 1.54) is 12.1 Å². The third-order valence-electron chi connectivity index (χ3n) is 2.09. The molecule has 2 N–H and O–H groups in total. The van der Waals surface area contributed by atoms with Crippen LogP contribution in [0.5, 0.6) is 5.75 Å². The van der Waals surface area contributed by atoms with Gasteiger partial charge in [0, 0.05) is 24.1 Å². The van der Waals surface area contributed by atoms with Crippen LogP contribution in [-0.2, 0) is 6.54 Å². The highest BCUT2D eigenvalue weighted by atomic mass is 19.1. The second-order valence-corrected chi connectivity index (χ2v) is 3.31. The molecule has 1 aromatic heterocycles. The van der Waals surface area contributed by atoms with Crippen molar-refractivity contribution in [3.05, 3.63) is 42.5 Å². The summed E-state index contributed by atoms with van der Waals surface area (Å²) in [6.45, 7) is 0.944. The average Bonchev–Trinajstić information content (AvgIpc) is 2.74. The zero-order valence-corrected chi connectivity index (χ0v) is 8.64. The molecule has 0 bridgehead atoms. The summed E-state index contributed by atoms with van der Waals surface area (Å²) in [6.07, 6.45) is 3.51. The van der Waals surface area contributed by atoms with Gasteiger partial charge in [-0.05, 0) is 18.2 Å². The summed E-state index contributed by atoms with van der Waals surface area (Å²) in [5.41, 5.74) is 5.81. The van der Waals surface area contributed by atoms with Crippen molar-refractivity contribution in [3.8, 4) is 5.75 Å². The normalized spacial score (nSPS) is 10.3. The number of nitrogens with zero attached hydrogens (tertiary/aromatic N) is 2. The standard InChI is InChI=1S/C11H12FN3O/c12-10-8-9(13)2-3-11(10)16-7-6-15-5-1-4-14-15/h1-5,8H,6-7,13H2. The van der Waals surface area contributed by atoms with Crippen molar-refractivity contribution in [2.24, 2.45) is 0 Å². The molecule has 0 aliphatic rings. The highest BCUT2D eigenvalue weighted by molar-refractivity contribution is 5.42. The molecule has 16 heavy (non-hydrogen) atoms. The van der Waals surface area contributed by atoms with E-state index in [-0.39, 0.29) is 5.75 Å². The predicted molar refractivity (Wildman–Crippen MR) is 58.5 cm³/mol. The van der Waals surface area contributed by atoms with Crippen LogP contribution < -0.4 is 10.5 Å². The summed E-state index contributed by atoms with van der Waals surface area (Å²) >= 11 is 0. The fraction of sp³-hybridized carbons (Fsp3) is 0.182. The molecule has 5 heteroatoms. The Morgan fingerprint density at radius 1 is 1.44 bits per heavy atom. The SMILES string of the molecule is Nc1ccc(OCCn2cccn2)c(F)c1. The van der Waals surface area contributed by atoms with Gasteiger partial charge in [-0.25, -0.2) is 4.39 Å². The summed E-state index contributed by atoms with van der Waals surface area (Å²) in [5, 5.41) is 4.01. The van der Waals surface area contributed by atoms with Gasteiger partial charge in [-0.15, -0.1) is 0 Å². The van der Waals surface area contributed by atoms with Gasteiger partial charge in [0.1, 0.15) is 6.61 Å². The van der Waals surface area contributed by atoms with Crippen molar-refractivity contribution in [2.45, 2.75) is 6.54 Å². The van der Waals surface area contributed by atoms with Crippen LogP contribution in [0.4, 0.5) is 10.1 Å². The van der Waals surface area contributed by atoms with Gasteiger partial charge in [0.05, 0.1) is 6.54 Å². The first-order valence-corrected chi connectivity index (χ1v) is 4.91. The largest absolute Gasteiger partial charge is 0.489 e. The third-order valence-corrected chi connectivity index (χ3v) is 2.09. The van der Waals surface area contributed by atoms with Crippen LogP contribution in [0.1, 0.15) is 0 Å². The van der Waals surface area contributed by atoms with E-state index in [0.717, 1.165) is 0 Å². The van der Waals surface area contributed by atoms with E-state index in [9.17, 15) is 4.39 Å². The molecule has 0 saturated heterocycles. The minimum absolute atomic E-state index is 0.210. The minimum atomic E-state index is -0.444. The Morgan fingerprint density at radius 2 is 2.31 bits per heavy atom. The predicted octanol–water partition coefficient (Wildman–Crippen LogP) is 1.68. The first-order chi connectivity index (χ1) is 7.75. The maximum Gasteiger partial charge on any atom is 0.167 e. The Morgan fingerprint density at radius 3 is 3.00 bits per heavy atom. The lowest BCUT2D eigenvalue weighted by atomic mass is 10.3. The van der Waals surface area contributed by atoms with Gasteiger partial charge in [0.15, 0.2) is 11.6 Å². The maximum absolute atomic E-state index is 13.3. The summed E-state index contributed by atoms with van der Waals surface area (Å²) in [7, 11) is 0. The van der Waals surface area contributed by atoms with Crippen LogP contribution in [0.3, 0.4) is 0 Å². The topological polar surface area (TPSA) is 53.1 Å². The van der Waals surface area contributed by atoms with E-state index in [1.54, 1.807) is 16.9 Å². The van der Waals surface area contributed by atoms with Crippen LogP contribution in [0, 0.1) is 5.82 Å². The minimum Gasteiger partial charge on any atom is -0.489 e. The first-order valence-electron chi connectivity index (χ1n) is 4.91. The van der Waals surface area contributed by atoms with Crippen LogP contribution in [0.2, 0.25) is 0 Å². The molecule has 0 spiro atoms. The first kappa shape index (κ1) is 10.5. The van der Waals surface area contributed by atoms with E-state index < -0.39 is 5.82 Å². The molecule has 2 aromatic rings. The average molecular weight is 221 g/mol. The molecule has 0 unspecified atom stereocenters. The molecule has 84 valence electrons. The van der Waals surface area contributed by atoms with Crippen LogP contribution in [0.25, 0.3) is 0 Å². The third kappa shape index (κ3) is 2.50. The number of rotatable bonds is 4. The fourth-order valence-electron chi connectivity index (χ4n) is 1.32. The molecule has 0 saturated carbocycles. The highest BCUT2D eigenvalue weighted by Gasteiger charge is 2.03. The molecule has 0 fully saturated rings. The van der Waals surface area contributed by atoms with Crippen LogP contribution in [-0.4, -0.2) is 16.4 Å². The molecule has 2 rings (SSSR count). The van der Waals surface area contributed by atoms with Crippen molar-refractivity contribution in [3.63, 3.8) is 0 Å². The quantitative estimate of drug-likeness (QED) is 0.799. The molecular formula is C11H12FN3O. The second-order valence-electron chi connectivity index (χ2n) is 3.31. The second kappa shape index (κ2) is 4.65. The zero-order valence-electron chi connectivity index (χ0n) is 8.64. The summed E-state index contributed by atoms with van der Waals surface area (Å²) in [5.74, 6) is -0.234. The smallest absolute Gasteiger partial charge is 0.167 e. The van der Waals surface area contributed by atoms with E-state index in [4.69, 9.17) is 10.5 Å². The van der Waals surface area contributed by atoms with Crippen molar-refractivity contribution in [2.75, 3.05) is 12.3 Å². The summed E-state index contributed by atoms with van der Waals surface area (Å²) < 4.78 is 20.3. The van der Waals surface area contributed by atoms with Crippen molar-refractivity contribution in [1.82, 2.24) is 9.78 Å². The fourth-order valence-corrected chi connectivity index (χ4v) is 1.32. The maximum atomic E-state index is 13.3. The summed E-state index contributed by atoms with van der Waals surface area (Å²) in [6, 6.07) is 6.19. The number of nitrogens with two attached hydrogens (primary N) is 1. The molecule has 1 heterocycles. The molecule has 0 amide bonds. The van der Waals surface area contributed by atoms with E-state index >= 15 is 0 Å². The Hall–Kier alpha value is -2.04. The molecule has 0 aliphatic carbocycles. The highest BCUT2D eigenvalue weighted by Crippen LogP contribution is 2.19. The Labute approximate surface area is 92.4 Å². The van der Waals surface area contributed by atoms with Gasteiger partial charge in [-0.2, -0.15) is 5.10 Å². The molecule has 4 nitrogen and oxygen atoms in total. The van der Waals surface area contributed by atoms with Gasteiger partial charge < -0.3 is 10.5 Å². The summed E-state index contributed by atoms with van der Waals surface area (Å²) in [4.78, 5) is 0. The molecular weight excluding hydrogens is 209 g/mol. The number of hydrogen-bond donors (Lipinski definition) is 1. The van der Waals surface area contributed by atoms with Gasteiger partial charge in [-0.1, -0.05) is 0 Å². The van der Waals surface area contributed by atoms with Crippen LogP contribution >= 0.6 is 0 Å². The number of anilines is 1. The monoisotopic (exact) mass is 221 g/mol. The number of halogens is 1. The Kier molecular flexibility index (Phi) is 3.05. The lowest BCUT2D eigenvalue weighted by Crippen LogP contribution is -2.09. The number of ether oxygens (including phenoxy) is 1. The van der Waals surface area contributed by atoms with Gasteiger partial charge in [-0.3, -0.25) is 4.68 Å². The molecule has 1 aromatic carbocycles. The van der Waals surface area contributed by atoms with Crippen molar-refractivity contribution in [1.29, 1.82) is 0 Å². The molecule has 0 radical (unpaired) electrons. The molecule has 0 atom stereocenters. The van der Waals surface area contributed by atoms with E-state index in [2.05, 4.69) is 5.10 Å². The number of nitrogen functional groups attached to an aromatic ring is 1. The van der Waals surface area contributed by atoms with E-state index in [1.807, 2.05) is 12.3 Å². The van der Waals surface area contributed by atoms with Gasteiger partial charge in [0.25, 0.3) is 0 Å². The van der Waals surface area contributed by atoms with Gasteiger partial charge >= 0.3 is 0 Å². The lowest BCUT2D eigenvalue weighted by molar-refractivity contribution is 0.278. The lowest BCUT2D eigenvalue weighted by Gasteiger charge is -2.07. The Bertz CT molecular complexity index is 456. The van der Waals surface area contributed by atoms with E-state index in [0.29, 0.717) is 18.8 Å². The number of hydrogen-bond acceptors (Lipinski definition) is 3. The number of aromatic nitrogens is 2. The zero-order chi connectivity index (χ0) is 11.4.